The third kappa shape index (κ3) is 5.79. The Balaban J connectivity index is 1.60. The summed E-state index contributed by atoms with van der Waals surface area (Å²) in [5.74, 6) is -1.81. The lowest BCUT2D eigenvalue weighted by atomic mass is 9.70. The third-order valence-electron chi connectivity index (χ3n) is 9.25. The topological polar surface area (TPSA) is 81.2 Å². The largest absolute Gasteiger partial charge is 0.394 e. The Labute approximate surface area is 273 Å². The van der Waals surface area contributed by atoms with Gasteiger partial charge in [0.2, 0.25) is 17.7 Å². The molecular weight excluding hydrogens is 638 g/mol. The van der Waals surface area contributed by atoms with E-state index in [0.29, 0.717) is 32.5 Å². The van der Waals surface area contributed by atoms with Crippen molar-refractivity contribution in [1.29, 1.82) is 0 Å². The third-order valence-corrected chi connectivity index (χ3v) is 12.5. The fraction of sp³-hybridized carbons (Fsp3) is 0.457. The number of benzene rings is 2. The number of likely N-dealkylation sites (tertiary alicyclic amines) is 1. The highest BCUT2D eigenvalue weighted by Gasteiger charge is 2.76. The van der Waals surface area contributed by atoms with Crippen LogP contribution in [0.25, 0.3) is 0 Å². The van der Waals surface area contributed by atoms with E-state index in [4.69, 9.17) is 0 Å². The van der Waals surface area contributed by atoms with Crippen molar-refractivity contribution in [3.05, 3.63) is 91.5 Å². The number of hydrogen-bond donors (Lipinski definition) is 1. The van der Waals surface area contributed by atoms with E-state index in [1.54, 1.807) is 38.6 Å². The summed E-state index contributed by atoms with van der Waals surface area (Å²) in [5.41, 5.74) is 1.72. The number of alkyl halides is 1. The molecule has 0 saturated carbocycles. The van der Waals surface area contributed by atoms with Crippen LogP contribution in [0.15, 0.2) is 86.0 Å². The van der Waals surface area contributed by atoms with Crippen molar-refractivity contribution in [2.75, 3.05) is 31.1 Å². The van der Waals surface area contributed by atoms with Crippen molar-refractivity contribution >= 4 is 51.1 Å². The van der Waals surface area contributed by atoms with Crippen molar-refractivity contribution in [3.63, 3.8) is 0 Å². The molecule has 3 amide bonds. The number of nitrogens with zero attached hydrogens (tertiary/aromatic N) is 3. The van der Waals surface area contributed by atoms with Crippen LogP contribution in [0.5, 0.6) is 0 Å². The Hall–Kier alpha value is -2.88. The number of thioether (sulfide) groups is 1. The first-order chi connectivity index (χ1) is 21.3. The van der Waals surface area contributed by atoms with Gasteiger partial charge in [0.05, 0.1) is 29.2 Å². The van der Waals surface area contributed by atoms with Gasteiger partial charge in [0.1, 0.15) is 6.04 Å². The number of hydrogen-bond acceptors (Lipinski definition) is 5. The SMILES string of the molecule is C=CCN(CCCC)C(=O)C1N([C@@H](CO)Cc2ccccc2)C(=O)[C@@H]2[C@@H](C(=O)N(CC=C)c3ccccc3)[C@@H]3SC12CC3Br. The highest BCUT2D eigenvalue weighted by molar-refractivity contribution is 9.09. The van der Waals surface area contributed by atoms with Crippen LogP contribution in [0.3, 0.4) is 0 Å². The molecule has 3 saturated heterocycles. The van der Waals surface area contributed by atoms with Gasteiger partial charge in [-0.15, -0.1) is 24.9 Å². The van der Waals surface area contributed by atoms with Crippen LogP contribution in [0.2, 0.25) is 0 Å². The van der Waals surface area contributed by atoms with E-state index < -0.39 is 28.7 Å². The summed E-state index contributed by atoms with van der Waals surface area (Å²) >= 11 is 5.51. The second kappa shape index (κ2) is 14.0. The molecule has 2 bridgehead atoms. The van der Waals surface area contributed by atoms with E-state index in [1.165, 1.54) is 0 Å². The minimum absolute atomic E-state index is 0.0488. The number of para-hydroxylation sites is 1. The van der Waals surface area contributed by atoms with Crippen molar-refractivity contribution in [2.45, 2.75) is 59.5 Å². The highest BCUT2D eigenvalue weighted by atomic mass is 79.9. The van der Waals surface area contributed by atoms with Crippen LogP contribution in [0.1, 0.15) is 31.7 Å². The minimum Gasteiger partial charge on any atom is -0.394 e. The molecule has 0 aromatic heterocycles. The van der Waals surface area contributed by atoms with Gasteiger partial charge in [-0.3, -0.25) is 14.4 Å². The molecular formula is C35H42BrN3O4S. The molecule has 7 atom stereocenters. The van der Waals surface area contributed by atoms with Gasteiger partial charge >= 0.3 is 0 Å². The van der Waals surface area contributed by atoms with Gasteiger partial charge in [0.15, 0.2) is 0 Å². The molecule has 2 aromatic rings. The molecule has 5 rings (SSSR count). The number of fused-ring (bicyclic) bond motifs is 1. The smallest absolute Gasteiger partial charge is 0.247 e. The molecule has 234 valence electrons. The van der Waals surface area contributed by atoms with Crippen molar-refractivity contribution in [1.82, 2.24) is 9.80 Å². The van der Waals surface area contributed by atoms with E-state index in [-0.39, 0.29) is 34.4 Å². The van der Waals surface area contributed by atoms with E-state index in [0.717, 1.165) is 24.1 Å². The van der Waals surface area contributed by atoms with Gasteiger partial charge in [0.25, 0.3) is 0 Å². The molecule has 1 N–H and O–H groups in total. The van der Waals surface area contributed by atoms with Gasteiger partial charge < -0.3 is 19.8 Å². The summed E-state index contributed by atoms with van der Waals surface area (Å²) in [5, 5.41) is 10.6. The summed E-state index contributed by atoms with van der Waals surface area (Å²) in [4.78, 5) is 49.2. The quantitative estimate of drug-likeness (QED) is 0.222. The lowest BCUT2D eigenvalue weighted by molar-refractivity contribution is -0.145. The Morgan fingerprint density at radius 2 is 1.75 bits per heavy atom. The summed E-state index contributed by atoms with van der Waals surface area (Å²) in [7, 11) is 0. The van der Waals surface area contributed by atoms with Crippen LogP contribution in [0.4, 0.5) is 5.69 Å². The fourth-order valence-corrected chi connectivity index (χ4v) is 11.0. The molecule has 7 nitrogen and oxygen atoms in total. The number of carbonyl (C=O) groups excluding carboxylic acids is 3. The molecule has 3 aliphatic rings. The zero-order valence-corrected chi connectivity index (χ0v) is 27.7. The van der Waals surface area contributed by atoms with Crippen molar-refractivity contribution < 1.29 is 19.5 Å². The summed E-state index contributed by atoms with van der Waals surface area (Å²) in [6.45, 7) is 10.8. The maximum atomic E-state index is 14.8. The number of amides is 3. The Morgan fingerprint density at radius 1 is 1.09 bits per heavy atom. The zero-order chi connectivity index (χ0) is 31.4. The number of unbranched alkanes of at least 4 members (excludes halogenated alkanes) is 1. The van der Waals surface area contributed by atoms with Crippen LogP contribution in [-0.2, 0) is 20.8 Å². The number of anilines is 1. The summed E-state index contributed by atoms with van der Waals surface area (Å²) in [6, 6.07) is 17.8. The molecule has 3 heterocycles. The molecule has 9 heteroatoms. The first kappa shape index (κ1) is 32.5. The van der Waals surface area contributed by atoms with Crippen LogP contribution in [-0.4, -0.2) is 85.8 Å². The van der Waals surface area contributed by atoms with Gasteiger partial charge in [-0.1, -0.05) is 90.0 Å². The van der Waals surface area contributed by atoms with E-state index >= 15 is 0 Å². The predicted molar refractivity (Wildman–Crippen MR) is 181 cm³/mol. The van der Waals surface area contributed by atoms with Crippen LogP contribution >= 0.6 is 27.7 Å². The molecule has 44 heavy (non-hydrogen) atoms. The molecule has 3 aliphatic heterocycles. The number of rotatable bonds is 14. The van der Waals surface area contributed by atoms with Gasteiger partial charge in [-0.2, -0.15) is 0 Å². The maximum Gasteiger partial charge on any atom is 0.247 e. The predicted octanol–water partition coefficient (Wildman–Crippen LogP) is 5.09. The second-order valence-electron chi connectivity index (χ2n) is 11.9. The van der Waals surface area contributed by atoms with Gasteiger partial charge in [-0.25, -0.2) is 0 Å². The first-order valence-corrected chi connectivity index (χ1v) is 17.3. The normalized spacial score (nSPS) is 27.6. The second-order valence-corrected chi connectivity index (χ2v) is 14.7. The standard InChI is InChI=1S/C35H42BrN3O4S/c1-4-7-20-37(18-5-2)34(43)31-35-22-27(36)30(44-35)28(32(41)38(19-6-3)25-16-12-9-13-17-25)29(35)33(42)39(31)26(23-40)21-24-14-10-8-11-15-24/h5-6,8-17,26-31,40H,2-4,7,18-23H2,1H3/t26-,27?,28-,29+,30-,31?,35?/m1/s1. The monoisotopic (exact) mass is 679 g/mol. The van der Waals surface area contributed by atoms with Crippen molar-refractivity contribution in [2.24, 2.45) is 11.8 Å². The lowest BCUT2D eigenvalue weighted by Gasteiger charge is -2.40. The van der Waals surface area contributed by atoms with Crippen molar-refractivity contribution in [3.8, 4) is 0 Å². The molecule has 2 aromatic carbocycles. The summed E-state index contributed by atoms with van der Waals surface area (Å²) < 4.78 is -0.806. The average molecular weight is 681 g/mol. The van der Waals surface area contributed by atoms with E-state index in [2.05, 4.69) is 36.0 Å². The van der Waals surface area contributed by atoms with Gasteiger partial charge in [-0.05, 0) is 37.0 Å². The van der Waals surface area contributed by atoms with Crippen LogP contribution in [0, 0.1) is 11.8 Å². The number of carbonyl (C=O) groups is 3. The molecule has 3 fully saturated rings. The summed E-state index contributed by atoms with van der Waals surface area (Å²) in [6.07, 6.45) is 6.17. The van der Waals surface area contributed by atoms with Crippen LogP contribution < -0.4 is 4.90 Å². The van der Waals surface area contributed by atoms with E-state index in [9.17, 15) is 19.5 Å². The maximum absolute atomic E-state index is 14.8. The highest BCUT2D eigenvalue weighted by Crippen LogP contribution is 2.68. The zero-order valence-electron chi connectivity index (χ0n) is 25.3. The Morgan fingerprint density at radius 3 is 2.36 bits per heavy atom. The number of aliphatic hydroxyl groups is 1. The average Bonchev–Trinajstić information content (AvgIpc) is 3.64. The minimum atomic E-state index is -0.810. The molecule has 0 radical (unpaired) electrons. The van der Waals surface area contributed by atoms with Gasteiger partial charge in [0, 0.05) is 35.4 Å². The molecule has 3 unspecified atom stereocenters. The lowest BCUT2D eigenvalue weighted by Crippen LogP contribution is -2.58. The molecule has 1 spiro atoms. The first-order valence-electron chi connectivity index (χ1n) is 15.5. The Kier molecular flexibility index (Phi) is 10.4. The Bertz CT molecular complexity index is 1360. The number of halogens is 1. The number of aliphatic hydroxyl groups excluding tert-OH is 1. The fourth-order valence-electron chi connectivity index (χ4n) is 7.37. The van der Waals surface area contributed by atoms with E-state index in [1.807, 2.05) is 60.7 Å². The molecule has 0 aliphatic carbocycles.